The van der Waals surface area contributed by atoms with Gasteiger partial charge in [0.05, 0.1) is 9.79 Å². The normalized spacial score (nSPS) is 10.3. The molecule has 14 heteroatoms. The molecular formula is C45H42O11S3. The van der Waals surface area contributed by atoms with E-state index in [9.17, 15) is 18.6 Å². The molecule has 0 amide bonds. The molecule has 0 saturated heterocycles. The third kappa shape index (κ3) is 16.0. The minimum absolute atomic E-state index is 0.00894. The monoisotopic (exact) mass is 854 g/mol. The highest BCUT2D eigenvalue weighted by Gasteiger charge is 2.17. The Balaban J connectivity index is 0.000000178. The van der Waals surface area contributed by atoms with Gasteiger partial charge in [0.15, 0.2) is 0 Å². The number of hydrogen-bond acceptors (Lipinski definition) is 13. The highest BCUT2D eigenvalue weighted by atomic mass is 32.2. The zero-order valence-electron chi connectivity index (χ0n) is 31.3. The Kier molecular flexibility index (Phi) is 17.5. The summed E-state index contributed by atoms with van der Waals surface area (Å²) in [6.07, 6.45) is 0. The third-order valence-electron chi connectivity index (χ3n) is 7.58. The van der Waals surface area contributed by atoms with Gasteiger partial charge in [0.2, 0.25) is 9.84 Å². The molecule has 7 aromatic carbocycles. The van der Waals surface area contributed by atoms with Crippen molar-refractivity contribution in [2.24, 2.45) is 0 Å². The van der Waals surface area contributed by atoms with Crippen LogP contribution in [0, 0.1) is 0 Å². The predicted molar refractivity (Wildman–Crippen MR) is 230 cm³/mol. The van der Waals surface area contributed by atoms with Gasteiger partial charge < -0.3 is 45.2 Å². The molecule has 7 rings (SSSR count). The summed E-state index contributed by atoms with van der Waals surface area (Å²) in [6.45, 7) is 0.720. The van der Waals surface area contributed by atoms with Crippen molar-refractivity contribution in [3.63, 3.8) is 0 Å². The summed E-state index contributed by atoms with van der Waals surface area (Å²) in [7, 11) is -3.59. The van der Waals surface area contributed by atoms with Crippen molar-refractivity contribution < 1.29 is 53.6 Å². The van der Waals surface area contributed by atoms with Crippen molar-refractivity contribution in [3.8, 4) is 51.7 Å². The number of phenolic OH excluding ortho intramolecular Hbond substituents is 7. The molecular weight excluding hydrogens is 813 g/mol. The van der Waals surface area contributed by atoms with Crippen LogP contribution in [0.2, 0.25) is 0 Å². The zero-order valence-corrected chi connectivity index (χ0v) is 33.8. The van der Waals surface area contributed by atoms with Crippen molar-refractivity contribution in [1.82, 2.24) is 0 Å². The quantitative estimate of drug-likeness (QED) is 0.0480. The van der Waals surface area contributed by atoms with Crippen molar-refractivity contribution in [1.29, 1.82) is 0 Å². The van der Waals surface area contributed by atoms with Crippen LogP contribution in [-0.4, -0.2) is 57.4 Å². The largest absolute Gasteiger partial charge is 0.508 e. The van der Waals surface area contributed by atoms with E-state index in [4.69, 9.17) is 35.0 Å². The molecule has 0 saturated carbocycles. The van der Waals surface area contributed by atoms with Crippen molar-refractivity contribution in [2.45, 2.75) is 25.3 Å². The van der Waals surface area contributed by atoms with Crippen LogP contribution in [0.4, 0.5) is 0 Å². The Morgan fingerprint density at radius 2 is 0.746 bits per heavy atom. The van der Waals surface area contributed by atoms with Gasteiger partial charge >= 0.3 is 0 Å². The first kappa shape index (κ1) is 45.1. The Morgan fingerprint density at radius 1 is 0.424 bits per heavy atom. The lowest BCUT2D eigenvalue weighted by Gasteiger charge is -2.08. The smallest absolute Gasteiger partial charge is 0.206 e. The predicted octanol–water partition coefficient (Wildman–Crippen LogP) is 9.56. The molecule has 59 heavy (non-hydrogen) atoms. The standard InChI is InChI=1S/C14H14O4.C12H10O4S.C12H10O2S.C7H8OS/c15-11-3-1-5-13(9-11)17-7-8-18-14-6-2-4-12(16)10-14;13-9-1-5-11(6-2-9)17(15,16)12-7-3-10(14)4-8-12;13-9-1-5-11(6-2-9)15-12-7-3-10(14)4-8-12;8-7-3-1-6(5-9)2-4-7/h1-6,9-10,15-16H,7-8H2;1-8,13-14H;1-8,13-14H;1-4,8-9H,5H2. The fraction of sp³-hybridized carbons (Fsp3) is 0.0667. The molecule has 0 fully saturated rings. The zero-order chi connectivity index (χ0) is 42.6. The van der Waals surface area contributed by atoms with Crippen molar-refractivity contribution in [3.05, 3.63) is 175 Å². The first-order valence-corrected chi connectivity index (χ1v) is 20.6. The average molecular weight is 855 g/mol. The lowest BCUT2D eigenvalue weighted by molar-refractivity contribution is 0.216. The van der Waals surface area contributed by atoms with Crippen molar-refractivity contribution >= 4 is 34.2 Å². The summed E-state index contributed by atoms with van der Waals surface area (Å²) in [4.78, 5) is 2.30. The summed E-state index contributed by atoms with van der Waals surface area (Å²) in [5, 5.41) is 63.7. The van der Waals surface area contributed by atoms with Crippen molar-refractivity contribution in [2.75, 3.05) is 13.2 Å². The molecule has 0 atom stereocenters. The maximum Gasteiger partial charge on any atom is 0.206 e. The van der Waals surface area contributed by atoms with E-state index in [1.54, 1.807) is 84.6 Å². The Hall–Kier alpha value is -6.61. The first-order chi connectivity index (χ1) is 28.3. The molecule has 0 aliphatic heterocycles. The summed E-state index contributed by atoms with van der Waals surface area (Å²) < 4.78 is 35.0. The van der Waals surface area contributed by atoms with E-state index in [0.29, 0.717) is 30.5 Å². The van der Waals surface area contributed by atoms with Gasteiger partial charge in [0.1, 0.15) is 65.0 Å². The van der Waals surface area contributed by atoms with Gasteiger partial charge in [-0.2, -0.15) is 12.6 Å². The van der Waals surface area contributed by atoms with Crippen LogP contribution in [0.5, 0.6) is 51.7 Å². The lowest BCUT2D eigenvalue weighted by Crippen LogP contribution is -2.08. The van der Waals surface area contributed by atoms with Crippen LogP contribution in [0.25, 0.3) is 0 Å². The van der Waals surface area contributed by atoms with E-state index < -0.39 is 9.84 Å². The Labute approximate surface area is 352 Å². The number of rotatable bonds is 10. The summed E-state index contributed by atoms with van der Waals surface area (Å²) in [5.74, 6) is 3.10. The van der Waals surface area contributed by atoms with E-state index in [0.717, 1.165) is 21.1 Å². The van der Waals surface area contributed by atoms with Gasteiger partial charge in [-0.3, -0.25) is 0 Å². The summed E-state index contributed by atoms with van der Waals surface area (Å²) in [5.41, 5.74) is 1.12. The summed E-state index contributed by atoms with van der Waals surface area (Å²) in [6, 6.07) is 44.8. The average Bonchev–Trinajstić information content (AvgIpc) is 3.23. The van der Waals surface area contributed by atoms with E-state index in [1.165, 1.54) is 60.7 Å². The van der Waals surface area contributed by atoms with Gasteiger partial charge in [-0.05, 0) is 139 Å². The number of sulfone groups is 1. The van der Waals surface area contributed by atoms with Gasteiger partial charge in [-0.25, -0.2) is 8.42 Å². The first-order valence-electron chi connectivity index (χ1n) is 17.6. The van der Waals surface area contributed by atoms with E-state index in [2.05, 4.69) is 12.6 Å². The fourth-order valence-corrected chi connectivity index (χ4v) is 6.91. The molecule has 0 aliphatic rings. The maximum absolute atomic E-state index is 12.1. The molecule has 0 spiro atoms. The van der Waals surface area contributed by atoms with Crippen LogP contribution in [0.15, 0.2) is 189 Å². The minimum Gasteiger partial charge on any atom is -0.508 e. The second-order valence-electron chi connectivity index (χ2n) is 12.1. The third-order valence-corrected chi connectivity index (χ3v) is 10.7. The number of ether oxygens (including phenoxy) is 2. The van der Waals surface area contributed by atoms with E-state index in [-0.39, 0.29) is 44.3 Å². The molecule has 0 aliphatic carbocycles. The molecule has 0 bridgehead atoms. The lowest BCUT2D eigenvalue weighted by atomic mass is 10.2. The molecule has 0 radical (unpaired) electrons. The Bertz CT molecular complexity index is 2270. The molecule has 11 nitrogen and oxygen atoms in total. The number of thiol groups is 1. The Morgan fingerprint density at radius 3 is 1.07 bits per heavy atom. The highest BCUT2D eigenvalue weighted by Crippen LogP contribution is 2.30. The second kappa shape index (κ2) is 23.0. The van der Waals surface area contributed by atoms with Crippen LogP contribution < -0.4 is 9.47 Å². The van der Waals surface area contributed by atoms with Gasteiger partial charge in [0.25, 0.3) is 0 Å². The van der Waals surface area contributed by atoms with Crippen LogP contribution >= 0.6 is 24.4 Å². The van der Waals surface area contributed by atoms with E-state index >= 15 is 0 Å². The molecule has 0 heterocycles. The van der Waals surface area contributed by atoms with Gasteiger partial charge in [0, 0.05) is 27.7 Å². The molecule has 7 aromatic rings. The summed E-state index contributed by atoms with van der Waals surface area (Å²) >= 11 is 5.65. The molecule has 0 unspecified atom stereocenters. The SMILES string of the molecule is O=S(=O)(c1ccc(O)cc1)c1ccc(O)cc1.Oc1ccc(CS)cc1.Oc1ccc(Sc2ccc(O)cc2)cc1.Oc1cccc(OCCOc2cccc(O)c2)c1. The molecule has 0 aromatic heterocycles. The number of hydrogen-bond donors (Lipinski definition) is 8. The number of phenols is 7. The van der Waals surface area contributed by atoms with E-state index in [1.807, 2.05) is 36.4 Å². The second-order valence-corrected chi connectivity index (χ2v) is 15.5. The minimum atomic E-state index is -3.59. The maximum atomic E-state index is 12.1. The van der Waals surface area contributed by atoms with Gasteiger partial charge in [-0.1, -0.05) is 36.0 Å². The highest BCUT2D eigenvalue weighted by molar-refractivity contribution is 7.99. The topological polar surface area (TPSA) is 194 Å². The molecule has 7 N–H and O–H groups in total. The molecule has 306 valence electrons. The van der Waals surface area contributed by atoms with Crippen LogP contribution in [0.3, 0.4) is 0 Å². The van der Waals surface area contributed by atoms with Crippen LogP contribution in [-0.2, 0) is 15.6 Å². The fourth-order valence-electron chi connectivity index (χ4n) is 4.62. The van der Waals surface area contributed by atoms with Gasteiger partial charge in [-0.15, -0.1) is 0 Å². The van der Waals surface area contributed by atoms with Crippen LogP contribution in [0.1, 0.15) is 5.56 Å². The number of benzene rings is 7. The number of aromatic hydroxyl groups is 7.